The normalized spacial score (nSPS) is 7.75. The first-order valence-electron chi connectivity index (χ1n) is 3.93. The first kappa shape index (κ1) is 16.6. The molecule has 0 amide bonds. The van der Waals surface area contributed by atoms with Crippen molar-refractivity contribution in [2.45, 2.75) is 6.92 Å². The molecule has 0 unspecified atom stereocenters. The van der Waals surface area contributed by atoms with Gasteiger partial charge in [-0.1, -0.05) is 12.1 Å². The van der Waals surface area contributed by atoms with Crippen LogP contribution in [0.15, 0.2) is 18.2 Å². The van der Waals surface area contributed by atoms with E-state index < -0.39 is 7.54 Å². The molecule has 0 aromatic heterocycles. The van der Waals surface area contributed by atoms with Crippen LogP contribution in [0, 0.1) is 12.3 Å². The molecule has 0 aliphatic carbocycles. The van der Waals surface area contributed by atoms with Gasteiger partial charge in [0.25, 0.3) is 0 Å². The summed E-state index contributed by atoms with van der Waals surface area (Å²) in [7, 11) is -2.12. The summed E-state index contributed by atoms with van der Waals surface area (Å²) in [5.74, 6) is 0.590. The van der Waals surface area contributed by atoms with Crippen molar-refractivity contribution >= 4 is 13.2 Å². The van der Waals surface area contributed by atoms with Crippen LogP contribution in [0.2, 0.25) is 0 Å². The molecule has 88 valence electrons. The minimum atomic E-state index is -3.67. The number of halogens is 4. The number of aryl methyl sites for hydroxylation is 1. The van der Waals surface area contributed by atoms with E-state index in [2.05, 4.69) is 4.98 Å². The molecule has 0 radical (unpaired) electrons. The molecule has 0 atom stereocenters. The van der Waals surface area contributed by atoms with Gasteiger partial charge in [-0.05, 0) is 13.0 Å². The Morgan fingerprint density at radius 1 is 1.31 bits per heavy atom. The molecule has 0 heterocycles. The van der Waals surface area contributed by atoms with Crippen LogP contribution in [-0.2, 0) is 0 Å². The molecule has 8 heteroatoms. The van der Waals surface area contributed by atoms with Gasteiger partial charge in [-0.15, -0.1) is 0 Å². The lowest BCUT2D eigenvalue weighted by Crippen LogP contribution is -3.00. The van der Waals surface area contributed by atoms with Crippen LogP contribution in [0.3, 0.4) is 0 Å². The molecule has 0 spiro atoms. The molecule has 0 fully saturated rings. The highest BCUT2D eigenvalue weighted by Crippen LogP contribution is 2.30. The largest absolute Gasteiger partial charge is 1.00 e. The van der Waals surface area contributed by atoms with Crippen LogP contribution in [0.1, 0.15) is 5.56 Å². The van der Waals surface area contributed by atoms with Gasteiger partial charge in [0.05, 0.1) is 7.11 Å². The molecule has 1 aromatic carbocycles. The maximum atomic E-state index is 9.67. The van der Waals surface area contributed by atoms with E-state index in [1.807, 2.05) is 19.1 Å². The zero-order chi connectivity index (χ0) is 11.8. The van der Waals surface area contributed by atoms with E-state index in [-0.39, 0.29) is 4.70 Å². The first-order valence-corrected chi connectivity index (χ1v) is 3.93. The molecule has 0 bridgehead atoms. The Morgan fingerprint density at radius 2 is 1.81 bits per heavy atom. The maximum Gasteiger partial charge on any atom is 0.762 e. The summed E-state index contributed by atoms with van der Waals surface area (Å²) in [6, 6.07) is 5.46. The topological polar surface area (TPSA) is 37.4 Å². The molecule has 0 saturated carbocycles. The first-order chi connectivity index (χ1) is 7.02. The summed E-state index contributed by atoms with van der Waals surface area (Å²) in [5.41, 5.74) is 1.39. The number of benzene rings is 1. The van der Waals surface area contributed by atoms with Crippen molar-refractivity contribution < 1.29 is 22.4 Å². The predicted molar refractivity (Wildman–Crippen MR) is 51.6 cm³/mol. The van der Waals surface area contributed by atoms with Crippen molar-refractivity contribution in [3.05, 3.63) is 28.7 Å². The maximum absolute atomic E-state index is 9.67. The van der Waals surface area contributed by atoms with Crippen LogP contribution in [0.25, 0.3) is 4.98 Å². The molecule has 1 aromatic rings. The number of hydrogen-bond acceptors (Lipinski definition) is 2. The van der Waals surface area contributed by atoms with E-state index in [4.69, 9.17) is 10.1 Å². The lowest BCUT2D eigenvalue weighted by molar-refractivity contribution is -0.00000649. The molecule has 0 aliphatic heterocycles. The Kier molecular flexibility index (Phi) is 8.87. The van der Waals surface area contributed by atoms with Crippen LogP contribution >= 0.6 is 0 Å². The number of rotatable bonds is 1. The third-order valence-corrected chi connectivity index (χ3v) is 1.52. The van der Waals surface area contributed by atoms with Gasteiger partial charge in [0.2, 0.25) is 11.1 Å². The van der Waals surface area contributed by atoms with Gasteiger partial charge in [0.15, 0.2) is 4.98 Å². The van der Waals surface area contributed by atoms with Crippen molar-refractivity contribution in [1.82, 2.24) is 0 Å². The predicted octanol–water partition coefficient (Wildman–Crippen LogP) is 0.372. The van der Waals surface area contributed by atoms with Crippen LogP contribution in [0.4, 0.5) is 18.6 Å². The summed E-state index contributed by atoms with van der Waals surface area (Å²) in [5, 5.41) is 8.58. The molecule has 0 N–H and O–H groups in total. The number of methoxy groups -OCH3 is 1. The second kappa shape index (κ2) is 8.53. The highest BCUT2D eigenvalue weighted by atomic mass is 19.4. The highest BCUT2D eigenvalue weighted by molar-refractivity contribution is 6.33. The molecule has 1 rings (SSSR count). The highest BCUT2D eigenvalue weighted by Gasteiger charge is 2.16. The zero-order valence-corrected chi connectivity index (χ0v) is 8.62. The van der Waals surface area contributed by atoms with Crippen LogP contribution < -0.4 is 9.44 Å². The van der Waals surface area contributed by atoms with Crippen molar-refractivity contribution in [1.29, 1.82) is 5.39 Å². The minimum Gasteiger partial charge on any atom is -1.00 e. The summed E-state index contributed by atoms with van der Waals surface area (Å²) >= 11 is 0. The van der Waals surface area contributed by atoms with Crippen molar-refractivity contribution in [3.63, 3.8) is 0 Å². The average molecular weight is 236 g/mol. The number of ether oxygens (including phenoxy) is 1. The lowest BCUT2D eigenvalue weighted by Gasteiger charge is -1.94. The smallest absolute Gasteiger partial charge is 0.762 e. The molecular formula is C8H9BF4N2O. The summed E-state index contributed by atoms with van der Waals surface area (Å²) in [4.78, 5) is 3.12. The van der Waals surface area contributed by atoms with Gasteiger partial charge in [0.1, 0.15) is 0 Å². The second-order valence-corrected chi connectivity index (χ2v) is 2.47. The van der Waals surface area contributed by atoms with E-state index in [1.165, 1.54) is 0 Å². The molecular weight excluding hydrogens is 227 g/mol. The molecule has 0 saturated heterocycles. The third-order valence-electron chi connectivity index (χ3n) is 1.52. The number of nitrogens with zero attached hydrogens (tertiary/aromatic N) is 2. The minimum absolute atomic E-state index is 0. The monoisotopic (exact) mass is 236 g/mol. The van der Waals surface area contributed by atoms with Crippen LogP contribution in [0.5, 0.6) is 5.75 Å². The lowest BCUT2D eigenvalue weighted by atomic mass is 10.2. The fraction of sp³-hybridized carbons (Fsp3) is 0.250. The van der Waals surface area contributed by atoms with E-state index in [0.29, 0.717) is 11.4 Å². The fourth-order valence-corrected chi connectivity index (χ4v) is 0.925. The fourth-order valence-electron chi connectivity index (χ4n) is 0.925. The summed E-state index contributed by atoms with van der Waals surface area (Å²) in [6.07, 6.45) is 0. The van der Waals surface area contributed by atoms with Gasteiger partial charge in [-0.25, -0.2) is 0 Å². The van der Waals surface area contributed by atoms with Crippen molar-refractivity contribution in [3.8, 4) is 5.75 Å². The third kappa shape index (κ3) is 5.85. The quantitative estimate of drug-likeness (QED) is 0.401. The Morgan fingerprint density at radius 3 is 2.12 bits per heavy atom. The Hall–Kier alpha value is -1.78. The molecule has 16 heavy (non-hydrogen) atoms. The average Bonchev–Trinajstić information content (AvgIpc) is 2.16. The van der Waals surface area contributed by atoms with E-state index in [1.54, 1.807) is 13.2 Å². The van der Waals surface area contributed by atoms with Gasteiger partial charge in [-0.2, -0.15) is 0 Å². The SMILES string of the molecule is COc1cccc(C)c1[N+]#N.FB(F)F.[F-]. The summed E-state index contributed by atoms with van der Waals surface area (Å²) in [6.45, 7) is 1.86. The van der Waals surface area contributed by atoms with E-state index >= 15 is 0 Å². The van der Waals surface area contributed by atoms with Crippen molar-refractivity contribution in [2.24, 2.45) is 0 Å². The number of hydrogen-bond donors (Lipinski definition) is 0. The second-order valence-electron chi connectivity index (χ2n) is 2.47. The van der Waals surface area contributed by atoms with Gasteiger partial charge in [0, 0.05) is 5.56 Å². The van der Waals surface area contributed by atoms with Crippen molar-refractivity contribution in [2.75, 3.05) is 7.11 Å². The Labute approximate surface area is 90.4 Å². The zero-order valence-electron chi connectivity index (χ0n) is 8.62. The van der Waals surface area contributed by atoms with E-state index in [0.717, 1.165) is 5.56 Å². The Bertz CT molecular complexity index is 354. The van der Waals surface area contributed by atoms with Gasteiger partial charge < -0.3 is 9.44 Å². The Balaban J connectivity index is 0. The molecule has 0 aliphatic rings. The number of diazo groups is 1. The van der Waals surface area contributed by atoms with Crippen LogP contribution in [-0.4, -0.2) is 14.7 Å². The standard InChI is InChI=1S/C8H9N2O.BF3.FH/c1-6-4-3-5-7(11-2)8(6)10-9;2-1(3)4;/h3-5H,1-2H3;;1H/q+1;;/p-1. The summed E-state index contributed by atoms with van der Waals surface area (Å²) < 4.78 is 34.0. The van der Waals surface area contributed by atoms with Gasteiger partial charge in [-0.3, -0.25) is 12.9 Å². The van der Waals surface area contributed by atoms with Gasteiger partial charge >= 0.3 is 13.2 Å². The molecule has 3 nitrogen and oxygen atoms in total. The van der Waals surface area contributed by atoms with E-state index in [9.17, 15) is 12.9 Å².